The number of H-pyrrole nitrogens is 1. The first-order valence-corrected chi connectivity index (χ1v) is 6.56. The molecule has 0 saturated heterocycles. The molecule has 0 bridgehead atoms. The number of aromatic amines is 1. The first-order chi connectivity index (χ1) is 9.06. The minimum absolute atomic E-state index is 0.0537. The van der Waals surface area contributed by atoms with Crippen molar-refractivity contribution in [3.05, 3.63) is 28.0 Å². The molecule has 2 rings (SSSR count). The number of pyridine rings is 1. The molecule has 1 amide bonds. The van der Waals surface area contributed by atoms with E-state index in [0.29, 0.717) is 0 Å². The standard InChI is InChI=1S/C13H19N3O3/c14-9-4-2-1-3-5-10(9)15-13(19)8-6-11(17)16-12(18)7-8/h6-7,9-10H,1-5,14H2,(H,15,19)(H2,16,17,18). The molecule has 1 aliphatic carbocycles. The third-order valence-electron chi connectivity index (χ3n) is 3.48. The van der Waals surface area contributed by atoms with Gasteiger partial charge in [-0.25, -0.2) is 0 Å². The van der Waals surface area contributed by atoms with E-state index in [1.165, 1.54) is 6.07 Å². The highest BCUT2D eigenvalue weighted by molar-refractivity contribution is 5.94. The van der Waals surface area contributed by atoms with Gasteiger partial charge in [-0.15, -0.1) is 0 Å². The van der Waals surface area contributed by atoms with Crippen molar-refractivity contribution in [1.82, 2.24) is 10.3 Å². The fourth-order valence-corrected chi connectivity index (χ4v) is 2.43. The summed E-state index contributed by atoms with van der Waals surface area (Å²) in [5.74, 6) is -0.688. The number of nitrogens with two attached hydrogens (primary N) is 1. The highest BCUT2D eigenvalue weighted by Crippen LogP contribution is 2.17. The molecule has 1 saturated carbocycles. The molecule has 0 spiro atoms. The van der Waals surface area contributed by atoms with Gasteiger partial charge in [0.1, 0.15) is 0 Å². The largest absolute Gasteiger partial charge is 0.494 e. The highest BCUT2D eigenvalue weighted by Gasteiger charge is 2.22. The van der Waals surface area contributed by atoms with Crippen LogP contribution >= 0.6 is 0 Å². The van der Waals surface area contributed by atoms with Crippen LogP contribution in [0.2, 0.25) is 0 Å². The number of rotatable bonds is 2. The molecular weight excluding hydrogens is 246 g/mol. The molecule has 6 nitrogen and oxygen atoms in total. The van der Waals surface area contributed by atoms with E-state index in [2.05, 4.69) is 10.3 Å². The minimum atomic E-state index is -0.504. The van der Waals surface area contributed by atoms with Gasteiger partial charge in [0.2, 0.25) is 0 Å². The Morgan fingerprint density at radius 3 is 2.79 bits per heavy atom. The van der Waals surface area contributed by atoms with Gasteiger partial charge in [-0.2, -0.15) is 0 Å². The summed E-state index contributed by atoms with van der Waals surface area (Å²) >= 11 is 0. The number of carbonyl (C=O) groups excluding carboxylic acids is 1. The van der Waals surface area contributed by atoms with Crippen molar-refractivity contribution < 1.29 is 9.90 Å². The Morgan fingerprint density at radius 1 is 1.32 bits per heavy atom. The Hall–Kier alpha value is -1.82. The second-order valence-corrected chi connectivity index (χ2v) is 5.00. The van der Waals surface area contributed by atoms with Crippen LogP contribution in [0.1, 0.15) is 42.5 Å². The number of carbonyl (C=O) groups is 1. The van der Waals surface area contributed by atoms with Crippen molar-refractivity contribution >= 4 is 5.91 Å². The van der Waals surface area contributed by atoms with Crippen LogP contribution in [-0.4, -0.2) is 28.1 Å². The number of amides is 1. The molecular formula is C13H19N3O3. The molecule has 1 aromatic rings. The van der Waals surface area contributed by atoms with Crippen molar-refractivity contribution in [3.63, 3.8) is 0 Å². The highest BCUT2D eigenvalue weighted by atomic mass is 16.3. The molecule has 1 aromatic heterocycles. The van der Waals surface area contributed by atoms with Gasteiger partial charge in [0.15, 0.2) is 5.88 Å². The van der Waals surface area contributed by atoms with E-state index >= 15 is 0 Å². The number of aromatic hydroxyl groups is 1. The van der Waals surface area contributed by atoms with Crippen molar-refractivity contribution in [1.29, 1.82) is 0 Å². The van der Waals surface area contributed by atoms with Gasteiger partial charge in [0, 0.05) is 24.2 Å². The lowest BCUT2D eigenvalue weighted by atomic mass is 10.0. The maximum absolute atomic E-state index is 12.0. The van der Waals surface area contributed by atoms with Crippen molar-refractivity contribution in [3.8, 4) is 5.88 Å². The molecule has 5 N–H and O–H groups in total. The maximum atomic E-state index is 12.0. The molecule has 0 radical (unpaired) electrons. The summed E-state index contributed by atoms with van der Waals surface area (Å²) in [4.78, 5) is 25.4. The Morgan fingerprint density at radius 2 is 2.05 bits per heavy atom. The third-order valence-corrected chi connectivity index (χ3v) is 3.48. The van der Waals surface area contributed by atoms with E-state index in [0.717, 1.165) is 38.2 Å². The lowest BCUT2D eigenvalue weighted by Gasteiger charge is -2.22. The van der Waals surface area contributed by atoms with Crippen LogP contribution in [0.15, 0.2) is 16.9 Å². The van der Waals surface area contributed by atoms with Gasteiger partial charge in [0.05, 0.1) is 5.56 Å². The molecule has 2 unspecified atom stereocenters. The fraction of sp³-hybridized carbons (Fsp3) is 0.538. The van der Waals surface area contributed by atoms with Gasteiger partial charge in [-0.05, 0) is 12.8 Å². The molecule has 1 aliphatic rings. The topological polar surface area (TPSA) is 108 Å². The van der Waals surface area contributed by atoms with E-state index in [1.54, 1.807) is 0 Å². The van der Waals surface area contributed by atoms with Crippen LogP contribution in [0.25, 0.3) is 0 Å². The third kappa shape index (κ3) is 3.57. The van der Waals surface area contributed by atoms with Crippen molar-refractivity contribution in [2.45, 2.75) is 44.2 Å². The second-order valence-electron chi connectivity index (χ2n) is 5.00. The van der Waals surface area contributed by atoms with Crippen LogP contribution in [-0.2, 0) is 0 Å². The molecule has 1 heterocycles. The summed E-state index contributed by atoms with van der Waals surface area (Å²) in [6.07, 6.45) is 5.00. The van der Waals surface area contributed by atoms with E-state index in [-0.39, 0.29) is 29.4 Å². The Balaban J connectivity index is 2.09. The molecule has 0 aliphatic heterocycles. The molecule has 104 valence electrons. The van der Waals surface area contributed by atoms with E-state index in [4.69, 9.17) is 5.73 Å². The number of nitrogens with one attached hydrogen (secondary N) is 2. The number of aromatic nitrogens is 1. The zero-order valence-electron chi connectivity index (χ0n) is 10.7. The van der Waals surface area contributed by atoms with Gasteiger partial charge < -0.3 is 16.2 Å². The quantitative estimate of drug-likeness (QED) is 0.583. The molecule has 1 fully saturated rings. The average Bonchev–Trinajstić information content (AvgIpc) is 2.54. The van der Waals surface area contributed by atoms with Crippen LogP contribution in [0, 0.1) is 0 Å². The fourth-order valence-electron chi connectivity index (χ4n) is 2.43. The van der Waals surface area contributed by atoms with Gasteiger partial charge in [0.25, 0.3) is 11.5 Å². The summed E-state index contributed by atoms with van der Waals surface area (Å²) in [5.41, 5.74) is 5.68. The van der Waals surface area contributed by atoms with Crippen LogP contribution < -0.4 is 16.6 Å². The van der Waals surface area contributed by atoms with Gasteiger partial charge >= 0.3 is 0 Å². The molecule has 2 atom stereocenters. The van der Waals surface area contributed by atoms with E-state index in [9.17, 15) is 14.7 Å². The molecule has 6 heteroatoms. The molecule has 19 heavy (non-hydrogen) atoms. The van der Waals surface area contributed by atoms with Crippen LogP contribution in [0.4, 0.5) is 0 Å². The minimum Gasteiger partial charge on any atom is -0.494 e. The smallest absolute Gasteiger partial charge is 0.251 e. The molecule has 0 aromatic carbocycles. The first kappa shape index (κ1) is 13.6. The lowest BCUT2D eigenvalue weighted by molar-refractivity contribution is 0.0928. The predicted molar refractivity (Wildman–Crippen MR) is 71.0 cm³/mol. The summed E-state index contributed by atoms with van der Waals surface area (Å²) in [7, 11) is 0. The van der Waals surface area contributed by atoms with E-state index < -0.39 is 5.56 Å². The van der Waals surface area contributed by atoms with Crippen molar-refractivity contribution in [2.75, 3.05) is 0 Å². The second kappa shape index (κ2) is 5.88. The number of hydrogen-bond donors (Lipinski definition) is 4. The maximum Gasteiger partial charge on any atom is 0.251 e. The summed E-state index contributed by atoms with van der Waals surface area (Å²) < 4.78 is 0. The van der Waals surface area contributed by atoms with Gasteiger partial charge in [-0.3, -0.25) is 14.6 Å². The summed E-state index contributed by atoms with van der Waals surface area (Å²) in [6, 6.07) is 2.27. The first-order valence-electron chi connectivity index (χ1n) is 6.56. The summed E-state index contributed by atoms with van der Waals surface area (Å²) in [6.45, 7) is 0. The lowest BCUT2D eigenvalue weighted by Crippen LogP contribution is -2.47. The predicted octanol–water partition coefficient (Wildman–Crippen LogP) is 0.470. The Kier molecular flexibility index (Phi) is 4.21. The van der Waals surface area contributed by atoms with Crippen molar-refractivity contribution in [2.24, 2.45) is 5.73 Å². The van der Waals surface area contributed by atoms with Crippen LogP contribution in [0.3, 0.4) is 0 Å². The normalized spacial score (nSPS) is 23.6. The Bertz CT molecular complexity index is 512. The monoisotopic (exact) mass is 265 g/mol. The van der Waals surface area contributed by atoms with Crippen LogP contribution in [0.5, 0.6) is 5.88 Å². The van der Waals surface area contributed by atoms with E-state index in [1.807, 2.05) is 0 Å². The Labute approximate surface area is 111 Å². The zero-order chi connectivity index (χ0) is 13.8. The summed E-state index contributed by atoms with van der Waals surface area (Å²) in [5, 5.41) is 12.1. The number of hydrogen-bond acceptors (Lipinski definition) is 4. The zero-order valence-corrected chi connectivity index (χ0v) is 10.7. The average molecular weight is 265 g/mol. The SMILES string of the molecule is NC1CCCCCC1NC(=O)c1cc(O)[nH]c(=O)c1. The van der Waals surface area contributed by atoms with Gasteiger partial charge in [-0.1, -0.05) is 19.3 Å².